The fraction of sp³-hybridized carbons (Fsp3) is 0.385. The third kappa shape index (κ3) is 3.55. The molecule has 0 aliphatic rings. The maximum Gasteiger partial charge on any atom is 0.0834 e. The van der Waals surface area contributed by atoms with Crippen LogP contribution in [0, 0.1) is 0 Å². The molecular weight excluding hydrogens is 278 g/mol. The van der Waals surface area contributed by atoms with Gasteiger partial charge in [0, 0.05) is 19.5 Å². The first kappa shape index (κ1) is 14.9. The second kappa shape index (κ2) is 7.35. The number of hydrogen-bond donors (Lipinski definition) is 2. The molecule has 7 heteroatoms. The Labute approximate surface area is 122 Å². The summed E-state index contributed by atoms with van der Waals surface area (Å²) in [7, 11) is 1.65. The van der Waals surface area contributed by atoms with Crippen molar-refractivity contribution in [1.82, 2.24) is 20.2 Å². The molecule has 1 unspecified atom stereocenters. The highest BCUT2D eigenvalue weighted by Crippen LogP contribution is 2.25. The van der Waals surface area contributed by atoms with E-state index < -0.39 is 0 Å². The summed E-state index contributed by atoms with van der Waals surface area (Å²) in [5.41, 5.74) is 4.73. The number of nitrogens with two attached hydrogens (primary N) is 1. The molecule has 1 atom stereocenters. The predicted molar refractivity (Wildman–Crippen MR) is 77.1 cm³/mol. The maximum atomic E-state index is 6.23. The lowest BCUT2D eigenvalue weighted by Crippen LogP contribution is -2.32. The Morgan fingerprint density at radius 2 is 2.35 bits per heavy atom. The first-order valence-corrected chi connectivity index (χ1v) is 6.69. The van der Waals surface area contributed by atoms with Crippen LogP contribution in [0.2, 0.25) is 5.02 Å². The van der Waals surface area contributed by atoms with Crippen LogP contribution in [0.15, 0.2) is 30.7 Å². The first-order chi connectivity index (χ1) is 9.76. The monoisotopic (exact) mass is 295 g/mol. The van der Waals surface area contributed by atoms with Crippen LogP contribution < -0.4 is 11.3 Å². The molecule has 2 heterocycles. The third-order valence-electron chi connectivity index (χ3n) is 3.03. The summed E-state index contributed by atoms with van der Waals surface area (Å²) in [6, 6.07) is 3.76. The topological polar surface area (TPSA) is 78.0 Å². The summed E-state index contributed by atoms with van der Waals surface area (Å²) in [6.07, 6.45) is 5.86. The Balaban J connectivity index is 2.20. The van der Waals surface area contributed by atoms with Crippen LogP contribution in [0.25, 0.3) is 0 Å². The van der Waals surface area contributed by atoms with Crippen LogP contribution in [-0.4, -0.2) is 28.5 Å². The van der Waals surface area contributed by atoms with Gasteiger partial charge in [0.25, 0.3) is 0 Å². The zero-order chi connectivity index (χ0) is 14.4. The average Bonchev–Trinajstić information content (AvgIpc) is 2.84. The largest absolute Gasteiger partial charge is 0.383 e. The highest BCUT2D eigenvalue weighted by molar-refractivity contribution is 6.31. The van der Waals surface area contributed by atoms with Crippen molar-refractivity contribution in [2.24, 2.45) is 5.84 Å². The molecule has 0 aliphatic carbocycles. The van der Waals surface area contributed by atoms with E-state index in [1.54, 1.807) is 19.5 Å². The number of rotatable bonds is 7. The number of ether oxygens (including phenoxy) is 1. The number of hydrazine groups is 1. The lowest BCUT2D eigenvalue weighted by atomic mass is 10.1. The van der Waals surface area contributed by atoms with E-state index in [9.17, 15) is 0 Å². The molecule has 0 saturated carbocycles. The smallest absolute Gasteiger partial charge is 0.0834 e. The number of methoxy groups -OCH3 is 1. The Bertz CT molecular complexity index is 531. The van der Waals surface area contributed by atoms with Crippen LogP contribution >= 0.6 is 11.6 Å². The Morgan fingerprint density at radius 3 is 3.00 bits per heavy atom. The average molecular weight is 296 g/mol. The number of nitrogens with one attached hydrogen (secondary N) is 1. The predicted octanol–water partition coefficient (Wildman–Crippen LogP) is 1.32. The van der Waals surface area contributed by atoms with Crippen LogP contribution in [-0.2, 0) is 17.7 Å². The molecule has 2 aromatic rings. The van der Waals surface area contributed by atoms with Crippen molar-refractivity contribution in [1.29, 1.82) is 0 Å². The molecule has 0 aliphatic heterocycles. The number of aromatic nitrogens is 3. The molecule has 0 amide bonds. The van der Waals surface area contributed by atoms with E-state index in [-0.39, 0.29) is 6.04 Å². The van der Waals surface area contributed by atoms with Crippen LogP contribution in [0.3, 0.4) is 0 Å². The molecule has 0 fully saturated rings. The van der Waals surface area contributed by atoms with Crippen LogP contribution in [0.4, 0.5) is 0 Å². The Kier molecular flexibility index (Phi) is 5.49. The molecule has 2 aromatic heterocycles. The van der Waals surface area contributed by atoms with Crippen molar-refractivity contribution in [3.05, 3.63) is 47.0 Å². The normalized spacial score (nSPS) is 12.6. The van der Waals surface area contributed by atoms with Crippen molar-refractivity contribution in [2.45, 2.75) is 19.0 Å². The maximum absolute atomic E-state index is 6.23. The second-order valence-corrected chi connectivity index (χ2v) is 4.79. The van der Waals surface area contributed by atoms with Gasteiger partial charge in [0.1, 0.15) is 0 Å². The molecule has 0 spiro atoms. The van der Waals surface area contributed by atoms with Crippen molar-refractivity contribution in [2.75, 3.05) is 13.7 Å². The van der Waals surface area contributed by atoms with Gasteiger partial charge < -0.3 is 4.74 Å². The van der Waals surface area contributed by atoms with E-state index in [1.807, 2.05) is 23.0 Å². The molecule has 6 nitrogen and oxygen atoms in total. The lowest BCUT2D eigenvalue weighted by molar-refractivity contribution is 0.181. The fourth-order valence-corrected chi connectivity index (χ4v) is 2.34. The minimum Gasteiger partial charge on any atom is -0.383 e. The van der Waals surface area contributed by atoms with Gasteiger partial charge in [-0.3, -0.25) is 20.9 Å². The van der Waals surface area contributed by atoms with E-state index in [2.05, 4.69) is 15.5 Å². The van der Waals surface area contributed by atoms with E-state index in [0.29, 0.717) is 24.6 Å². The summed E-state index contributed by atoms with van der Waals surface area (Å²) in [6.45, 7) is 1.19. The van der Waals surface area contributed by atoms with Gasteiger partial charge in [-0.1, -0.05) is 17.7 Å². The third-order valence-corrected chi connectivity index (χ3v) is 3.33. The van der Waals surface area contributed by atoms with Crippen LogP contribution in [0.5, 0.6) is 0 Å². The van der Waals surface area contributed by atoms with E-state index >= 15 is 0 Å². The zero-order valence-electron chi connectivity index (χ0n) is 11.3. The van der Waals surface area contributed by atoms with E-state index in [0.717, 1.165) is 11.3 Å². The van der Waals surface area contributed by atoms with Gasteiger partial charge in [-0.15, -0.1) is 0 Å². The van der Waals surface area contributed by atoms with Gasteiger partial charge in [0.05, 0.1) is 36.1 Å². The molecular formula is C13H18ClN5O. The number of hydrogen-bond acceptors (Lipinski definition) is 5. The van der Waals surface area contributed by atoms with Gasteiger partial charge in [-0.25, -0.2) is 0 Å². The highest BCUT2D eigenvalue weighted by Gasteiger charge is 2.19. The molecule has 3 N–H and O–H groups in total. The minimum atomic E-state index is -0.133. The summed E-state index contributed by atoms with van der Waals surface area (Å²) < 4.78 is 6.89. The number of halogens is 1. The molecule has 2 rings (SSSR count). The van der Waals surface area contributed by atoms with Gasteiger partial charge in [-0.05, 0) is 18.1 Å². The Hall–Kier alpha value is -1.47. The molecule has 0 saturated heterocycles. The van der Waals surface area contributed by atoms with Crippen molar-refractivity contribution >= 4 is 11.6 Å². The number of pyridine rings is 1. The molecule has 108 valence electrons. The molecule has 20 heavy (non-hydrogen) atoms. The molecule has 0 aromatic carbocycles. The molecule has 0 radical (unpaired) electrons. The molecule has 0 bridgehead atoms. The van der Waals surface area contributed by atoms with Crippen molar-refractivity contribution < 1.29 is 4.74 Å². The highest BCUT2D eigenvalue weighted by atomic mass is 35.5. The fourth-order valence-electron chi connectivity index (χ4n) is 2.06. The van der Waals surface area contributed by atoms with E-state index in [1.165, 1.54) is 0 Å². The first-order valence-electron chi connectivity index (χ1n) is 6.31. The summed E-state index contributed by atoms with van der Waals surface area (Å²) in [5, 5.41) is 4.85. The van der Waals surface area contributed by atoms with Gasteiger partial charge in [0.2, 0.25) is 0 Å². The summed E-state index contributed by atoms with van der Waals surface area (Å²) >= 11 is 6.23. The summed E-state index contributed by atoms with van der Waals surface area (Å²) in [5.74, 6) is 5.68. The second-order valence-electron chi connectivity index (χ2n) is 4.38. The van der Waals surface area contributed by atoms with Crippen molar-refractivity contribution in [3.63, 3.8) is 0 Å². The van der Waals surface area contributed by atoms with Gasteiger partial charge in [-0.2, -0.15) is 5.10 Å². The number of nitrogens with zero attached hydrogens (tertiary/aromatic N) is 3. The van der Waals surface area contributed by atoms with Crippen molar-refractivity contribution in [3.8, 4) is 0 Å². The lowest BCUT2D eigenvalue weighted by Gasteiger charge is -2.18. The minimum absolute atomic E-state index is 0.133. The SMILES string of the molecule is COCCn1ncc(Cl)c1C(Cc1cccnc1)NN. The standard InChI is InChI=1S/C13H18ClN5O/c1-20-6-5-19-13(11(14)9-17-19)12(18-15)7-10-3-2-4-16-8-10/h2-4,8-9,12,18H,5-7,15H2,1H3. The summed E-state index contributed by atoms with van der Waals surface area (Å²) in [4.78, 5) is 4.10. The van der Waals surface area contributed by atoms with E-state index in [4.69, 9.17) is 22.2 Å². The van der Waals surface area contributed by atoms with Gasteiger partial charge >= 0.3 is 0 Å². The zero-order valence-corrected chi connectivity index (χ0v) is 12.0. The Morgan fingerprint density at radius 1 is 1.50 bits per heavy atom. The quantitative estimate of drug-likeness (QED) is 0.595. The van der Waals surface area contributed by atoms with Gasteiger partial charge in [0.15, 0.2) is 0 Å². The van der Waals surface area contributed by atoms with Crippen LogP contribution in [0.1, 0.15) is 17.3 Å².